The number of carbonyl (C=O) groups is 1. The van der Waals surface area contributed by atoms with Gasteiger partial charge in [0.2, 0.25) is 0 Å². The predicted octanol–water partition coefficient (Wildman–Crippen LogP) is 6.03. The summed E-state index contributed by atoms with van der Waals surface area (Å²) in [5.74, 6) is 1.68. The lowest BCUT2D eigenvalue weighted by atomic mass is 9.70. The van der Waals surface area contributed by atoms with Crippen molar-refractivity contribution in [2.45, 2.75) is 58.1 Å². The van der Waals surface area contributed by atoms with E-state index in [1.165, 1.54) is 30.4 Å². The van der Waals surface area contributed by atoms with Crippen molar-refractivity contribution >= 4 is 23.1 Å². The average Bonchev–Trinajstić information content (AvgIpc) is 3.39. The molecule has 0 aliphatic heterocycles. The summed E-state index contributed by atoms with van der Waals surface area (Å²) in [4.78, 5) is 16.2. The van der Waals surface area contributed by atoms with E-state index in [1.807, 2.05) is 61.9 Å². The molecule has 0 saturated heterocycles. The highest BCUT2D eigenvalue weighted by Gasteiger charge is 2.39. The molecule has 1 heterocycles. The maximum absolute atomic E-state index is 12.2. The van der Waals surface area contributed by atoms with Crippen molar-refractivity contribution in [3.63, 3.8) is 0 Å². The van der Waals surface area contributed by atoms with Crippen molar-refractivity contribution < 1.29 is 14.3 Å². The van der Waals surface area contributed by atoms with Gasteiger partial charge in [-0.3, -0.25) is 5.32 Å². The summed E-state index contributed by atoms with van der Waals surface area (Å²) < 4.78 is 13.5. The summed E-state index contributed by atoms with van der Waals surface area (Å²) in [6, 6.07) is 14.2. The molecule has 7 nitrogen and oxygen atoms in total. The van der Waals surface area contributed by atoms with Crippen molar-refractivity contribution in [1.82, 2.24) is 9.55 Å². The molecule has 0 spiro atoms. The van der Waals surface area contributed by atoms with Crippen LogP contribution in [0.3, 0.4) is 0 Å². The molecule has 1 unspecified atom stereocenters. The average molecular weight is 487 g/mol. The topological polar surface area (TPSA) is 91.4 Å². The minimum atomic E-state index is -0.545. The van der Waals surface area contributed by atoms with Gasteiger partial charge in [0.15, 0.2) is 0 Å². The standard InChI is InChI=1S/C29H34N4O3/c1-29(2,3)36-28(34)32-21-9-7-20(8-10-21)26-25(19-5-4-6-19)24-17-22(11-12-23(24)27(26)30)35-16-15-33-14-13-31-18-33/h7-14,17-19,25H,4-6,15-16,30H2,1-3H3,(H,32,34). The van der Waals surface area contributed by atoms with Gasteiger partial charge >= 0.3 is 6.09 Å². The molecular weight excluding hydrogens is 452 g/mol. The van der Waals surface area contributed by atoms with Crippen LogP contribution >= 0.6 is 0 Å². The maximum atomic E-state index is 12.2. The van der Waals surface area contributed by atoms with Crippen LogP contribution in [-0.2, 0) is 11.3 Å². The molecule has 0 radical (unpaired) electrons. The molecular formula is C29H34N4O3. The molecule has 1 aromatic heterocycles. The summed E-state index contributed by atoms with van der Waals surface area (Å²) in [6.45, 7) is 6.86. The van der Waals surface area contributed by atoms with Crippen LogP contribution < -0.4 is 15.8 Å². The fraction of sp³-hybridized carbons (Fsp3) is 0.379. The number of fused-ring (bicyclic) bond motifs is 1. The Morgan fingerprint density at radius 1 is 1.17 bits per heavy atom. The van der Waals surface area contributed by atoms with E-state index in [1.54, 1.807) is 12.5 Å². The monoisotopic (exact) mass is 486 g/mol. The van der Waals surface area contributed by atoms with E-state index in [9.17, 15) is 4.79 Å². The Hall–Kier alpha value is -3.74. The van der Waals surface area contributed by atoms with Crippen LogP contribution in [0.2, 0.25) is 0 Å². The van der Waals surface area contributed by atoms with E-state index < -0.39 is 11.7 Å². The van der Waals surface area contributed by atoms with Gasteiger partial charge < -0.3 is 19.8 Å². The number of nitrogens with one attached hydrogen (secondary N) is 1. The van der Waals surface area contributed by atoms with Gasteiger partial charge in [0.25, 0.3) is 0 Å². The first-order valence-electron chi connectivity index (χ1n) is 12.6. The van der Waals surface area contributed by atoms with Crippen molar-refractivity contribution in [1.29, 1.82) is 0 Å². The number of rotatable bonds is 7. The summed E-state index contributed by atoms with van der Waals surface area (Å²) in [5.41, 5.74) is 12.4. The molecule has 0 bridgehead atoms. The molecule has 1 saturated carbocycles. The first-order valence-corrected chi connectivity index (χ1v) is 12.6. The first-order chi connectivity index (χ1) is 17.3. The van der Waals surface area contributed by atoms with Crippen LogP contribution in [0, 0.1) is 5.92 Å². The van der Waals surface area contributed by atoms with Crippen LogP contribution in [-0.4, -0.2) is 27.9 Å². The zero-order valence-corrected chi connectivity index (χ0v) is 21.2. The van der Waals surface area contributed by atoms with E-state index in [0.29, 0.717) is 18.2 Å². The lowest BCUT2D eigenvalue weighted by molar-refractivity contribution is 0.0636. The fourth-order valence-corrected chi connectivity index (χ4v) is 5.04. The molecule has 1 atom stereocenters. The van der Waals surface area contributed by atoms with E-state index in [-0.39, 0.29) is 5.92 Å². The summed E-state index contributed by atoms with van der Waals surface area (Å²) in [6.07, 6.45) is 8.69. The zero-order chi connectivity index (χ0) is 25.3. The van der Waals surface area contributed by atoms with E-state index >= 15 is 0 Å². The van der Waals surface area contributed by atoms with Crippen LogP contribution in [0.15, 0.2) is 61.2 Å². The highest BCUT2D eigenvalue weighted by atomic mass is 16.6. The Morgan fingerprint density at radius 2 is 1.94 bits per heavy atom. The third-order valence-corrected chi connectivity index (χ3v) is 6.89. The number of nitrogens with zero attached hydrogens (tertiary/aromatic N) is 2. The van der Waals surface area contributed by atoms with E-state index in [4.69, 9.17) is 15.2 Å². The summed E-state index contributed by atoms with van der Waals surface area (Å²) in [5, 5.41) is 2.81. The Kier molecular flexibility index (Phi) is 6.48. The highest BCUT2D eigenvalue weighted by Crippen LogP contribution is 2.54. The number of aromatic nitrogens is 2. The minimum Gasteiger partial charge on any atom is -0.492 e. The molecule has 3 aromatic rings. The molecule has 1 fully saturated rings. The Labute approximate surface area is 212 Å². The normalized spacial score (nSPS) is 17.5. The molecule has 2 aliphatic rings. The number of benzene rings is 2. The van der Waals surface area contributed by atoms with Gasteiger partial charge in [-0.1, -0.05) is 18.6 Å². The van der Waals surface area contributed by atoms with E-state index in [0.717, 1.165) is 29.1 Å². The number of anilines is 1. The fourth-order valence-electron chi connectivity index (χ4n) is 5.04. The summed E-state index contributed by atoms with van der Waals surface area (Å²) in [7, 11) is 0. The van der Waals surface area contributed by atoms with Gasteiger partial charge in [-0.25, -0.2) is 9.78 Å². The third-order valence-electron chi connectivity index (χ3n) is 6.89. The predicted molar refractivity (Wildman–Crippen MR) is 142 cm³/mol. The number of allylic oxidation sites excluding steroid dienone is 1. The second-order valence-corrected chi connectivity index (χ2v) is 10.6. The molecule has 7 heteroatoms. The van der Waals surface area contributed by atoms with Crippen LogP contribution in [0.4, 0.5) is 10.5 Å². The number of amides is 1. The van der Waals surface area contributed by atoms with Crippen LogP contribution in [0.1, 0.15) is 62.6 Å². The number of hydrogen-bond donors (Lipinski definition) is 2. The Morgan fingerprint density at radius 3 is 2.58 bits per heavy atom. The number of carbonyl (C=O) groups excluding carboxylic acids is 1. The molecule has 2 aromatic carbocycles. The second kappa shape index (κ2) is 9.72. The Balaban J connectivity index is 1.35. The second-order valence-electron chi connectivity index (χ2n) is 10.6. The quantitative estimate of drug-likeness (QED) is 0.425. The molecule has 2 aliphatic carbocycles. The number of nitrogens with two attached hydrogens (primary N) is 1. The maximum Gasteiger partial charge on any atom is 0.412 e. The minimum absolute atomic E-state index is 0.246. The van der Waals surface area contributed by atoms with Crippen molar-refractivity contribution in [2.75, 3.05) is 11.9 Å². The van der Waals surface area contributed by atoms with Crippen LogP contribution in [0.5, 0.6) is 5.75 Å². The molecule has 188 valence electrons. The number of imidazole rings is 1. The third kappa shape index (κ3) is 5.10. The van der Waals surface area contributed by atoms with Crippen LogP contribution in [0.25, 0.3) is 11.3 Å². The highest BCUT2D eigenvalue weighted by molar-refractivity contribution is 5.99. The van der Waals surface area contributed by atoms with E-state index in [2.05, 4.69) is 22.4 Å². The van der Waals surface area contributed by atoms with Gasteiger partial charge in [0.1, 0.15) is 18.0 Å². The molecule has 3 N–H and O–H groups in total. The molecule has 1 amide bonds. The van der Waals surface area contributed by atoms with Crippen molar-refractivity contribution in [3.8, 4) is 5.75 Å². The van der Waals surface area contributed by atoms with Crippen molar-refractivity contribution in [2.24, 2.45) is 11.7 Å². The SMILES string of the molecule is CC(C)(C)OC(=O)Nc1ccc(C2=C(N)c3ccc(OCCn4ccnc4)cc3C2C2CCC2)cc1. The van der Waals surface area contributed by atoms with Gasteiger partial charge in [-0.2, -0.15) is 0 Å². The van der Waals surface area contributed by atoms with Gasteiger partial charge in [-0.15, -0.1) is 0 Å². The smallest absolute Gasteiger partial charge is 0.412 e. The Bertz CT molecular complexity index is 1250. The number of hydrogen-bond acceptors (Lipinski definition) is 5. The molecule has 5 rings (SSSR count). The van der Waals surface area contributed by atoms with Crippen molar-refractivity contribution in [3.05, 3.63) is 77.9 Å². The molecule has 36 heavy (non-hydrogen) atoms. The summed E-state index contributed by atoms with van der Waals surface area (Å²) >= 11 is 0. The zero-order valence-electron chi connectivity index (χ0n) is 21.2. The van der Waals surface area contributed by atoms with Gasteiger partial charge in [0.05, 0.1) is 12.9 Å². The first kappa shape index (κ1) is 24.0. The van der Waals surface area contributed by atoms with Gasteiger partial charge in [0, 0.05) is 35.3 Å². The largest absolute Gasteiger partial charge is 0.492 e. The number of ether oxygens (including phenoxy) is 2. The lowest BCUT2D eigenvalue weighted by Crippen LogP contribution is -2.27. The lowest BCUT2D eigenvalue weighted by Gasteiger charge is -2.34. The van der Waals surface area contributed by atoms with Gasteiger partial charge in [-0.05, 0) is 86.6 Å².